The summed E-state index contributed by atoms with van der Waals surface area (Å²) < 4.78 is 11.5. The molecule has 3 fully saturated rings. The van der Waals surface area contributed by atoms with Crippen molar-refractivity contribution in [1.29, 1.82) is 0 Å². The third-order valence-corrected chi connectivity index (χ3v) is 6.28. The molecule has 3 aliphatic heterocycles. The molecule has 0 radical (unpaired) electrons. The Morgan fingerprint density at radius 1 is 1.20 bits per heavy atom. The molecule has 0 aromatic carbocycles. The number of aromatic nitrogens is 1. The van der Waals surface area contributed by atoms with Gasteiger partial charge in [-0.1, -0.05) is 6.42 Å². The summed E-state index contributed by atoms with van der Waals surface area (Å²) in [5.74, 6) is 0.347. The summed E-state index contributed by atoms with van der Waals surface area (Å²) in [4.78, 5) is 21.2. The number of hydrogen-bond donors (Lipinski definition) is 0. The van der Waals surface area contributed by atoms with Crippen LogP contribution in [0.3, 0.4) is 0 Å². The van der Waals surface area contributed by atoms with Crippen molar-refractivity contribution < 1.29 is 13.9 Å². The Balaban J connectivity index is 1.37. The van der Waals surface area contributed by atoms with Crippen LogP contribution in [-0.2, 0) is 4.74 Å². The average Bonchev–Trinajstić information content (AvgIpc) is 3.09. The lowest BCUT2D eigenvalue weighted by Gasteiger charge is -2.49. The minimum Gasteiger partial charge on any atom is -0.438 e. The number of piperidine rings is 2. The Labute approximate surface area is 149 Å². The first-order valence-corrected chi connectivity index (χ1v) is 9.74. The van der Waals surface area contributed by atoms with E-state index < -0.39 is 0 Å². The zero-order valence-corrected chi connectivity index (χ0v) is 15.2. The number of carbonyl (C=O) groups is 1. The molecule has 6 heteroatoms. The zero-order chi connectivity index (χ0) is 17.3. The van der Waals surface area contributed by atoms with Crippen molar-refractivity contribution in [3.8, 4) is 0 Å². The summed E-state index contributed by atoms with van der Waals surface area (Å²) in [6.07, 6.45) is 9.53. The lowest BCUT2D eigenvalue weighted by molar-refractivity contribution is -0.131. The maximum atomic E-state index is 12.6. The average molecular weight is 347 g/mol. The Morgan fingerprint density at radius 3 is 2.64 bits per heavy atom. The van der Waals surface area contributed by atoms with Gasteiger partial charge in [0.1, 0.15) is 0 Å². The number of carbonyl (C=O) groups excluding carboxylic acids is 1. The van der Waals surface area contributed by atoms with Gasteiger partial charge in [-0.05, 0) is 58.5 Å². The minimum absolute atomic E-state index is 0.0340. The summed E-state index contributed by atoms with van der Waals surface area (Å²) >= 11 is 0. The van der Waals surface area contributed by atoms with Gasteiger partial charge in [0.05, 0.1) is 11.3 Å². The molecule has 4 heterocycles. The molecule has 3 aliphatic rings. The maximum Gasteiger partial charge on any atom is 0.291 e. The summed E-state index contributed by atoms with van der Waals surface area (Å²) in [5, 5.41) is 0. The van der Waals surface area contributed by atoms with Crippen LogP contribution in [-0.4, -0.2) is 65.1 Å². The predicted molar refractivity (Wildman–Crippen MR) is 93.5 cm³/mol. The molecule has 0 bridgehead atoms. The summed E-state index contributed by atoms with van der Waals surface area (Å²) in [6.45, 7) is 6.65. The molecule has 0 N–H and O–H groups in total. The Morgan fingerprint density at radius 2 is 1.96 bits per heavy atom. The van der Waals surface area contributed by atoms with Gasteiger partial charge < -0.3 is 19.0 Å². The molecular formula is C19H29N3O3. The molecule has 1 amide bonds. The molecule has 4 rings (SSSR count). The second-order valence-corrected chi connectivity index (χ2v) is 7.83. The number of ether oxygens (including phenoxy) is 1. The van der Waals surface area contributed by atoms with E-state index in [0.717, 1.165) is 45.4 Å². The van der Waals surface area contributed by atoms with Crippen LogP contribution < -0.4 is 0 Å². The summed E-state index contributed by atoms with van der Waals surface area (Å²) in [5.41, 5.74) is 0.637. The van der Waals surface area contributed by atoms with E-state index in [2.05, 4.69) is 9.88 Å². The van der Waals surface area contributed by atoms with E-state index in [9.17, 15) is 4.79 Å². The van der Waals surface area contributed by atoms with Gasteiger partial charge >= 0.3 is 0 Å². The quantitative estimate of drug-likeness (QED) is 0.823. The van der Waals surface area contributed by atoms with Crippen LogP contribution in [0, 0.1) is 6.92 Å². The van der Waals surface area contributed by atoms with Crippen LogP contribution in [0.2, 0.25) is 0 Å². The standard InChI is InChI=1S/C19H29N3O3/c1-15-17(24-14-20-15)18(23)22-10-6-19(7-11-22)13-16(5-12-25-19)21-8-3-2-4-9-21/h14,16H,2-13H2,1H3. The van der Waals surface area contributed by atoms with Crippen LogP contribution in [0.25, 0.3) is 0 Å². The topological polar surface area (TPSA) is 58.8 Å². The van der Waals surface area contributed by atoms with Crippen molar-refractivity contribution in [2.24, 2.45) is 0 Å². The van der Waals surface area contributed by atoms with Crippen molar-refractivity contribution in [2.45, 2.75) is 63.5 Å². The number of rotatable bonds is 2. The van der Waals surface area contributed by atoms with Gasteiger partial charge in [-0.25, -0.2) is 4.98 Å². The molecule has 3 saturated heterocycles. The molecular weight excluding hydrogens is 318 g/mol. The molecule has 0 aliphatic carbocycles. The van der Waals surface area contributed by atoms with Crippen molar-refractivity contribution in [3.05, 3.63) is 17.8 Å². The van der Waals surface area contributed by atoms with Crippen molar-refractivity contribution in [3.63, 3.8) is 0 Å². The molecule has 25 heavy (non-hydrogen) atoms. The summed E-state index contributed by atoms with van der Waals surface area (Å²) in [6, 6.07) is 0.660. The molecule has 1 aromatic rings. The van der Waals surface area contributed by atoms with Crippen LogP contribution in [0.5, 0.6) is 0 Å². The normalized spacial score (nSPS) is 27.6. The van der Waals surface area contributed by atoms with E-state index >= 15 is 0 Å². The first-order valence-electron chi connectivity index (χ1n) is 9.74. The fourth-order valence-corrected chi connectivity index (χ4v) is 4.71. The van der Waals surface area contributed by atoms with Crippen LogP contribution in [0.15, 0.2) is 10.8 Å². The van der Waals surface area contributed by atoms with Crippen LogP contribution >= 0.6 is 0 Å². The third-order valence-electron chi connectivity index (χ3n) is 6.28. The van der Waals surface area contributed by atoms with E-state index in [-0.39, 0.29) is 11.5 Å². The van der Waals surface area contributed by atoms with E-state index in [1.807, 2.05) is 11.8 Å². The smallest absolute Gasteiger partial charge is 0.291 e. The molecule has 1 aromatic heterocycles. The number of aryl methyl sites for hydroxylation is 1. The SMILES string of the molecule is Cc1ncoc1C(=O)N1CCC2(CC1)CC(N1CCCCC1)CCO2. The lowest BCUT2D eigenvalue weighted by Crippen LogP contribution is -2.55. The van der Waals surface area contributed by atoms with Crippen LogP contribution in [0.4, 0.5) is 0 Å². The predicted octanol–water partition coefficient (Wildman–Crippen LogP) is 2.62. The Hall–Kier alpha value is -1.40. The maximum absolute atomic E-state index is 12.6. The number of nitrogens with zero attached hydrogens (tertiary/aromatic N) is 3. The highest BCUT2D eigenvalue weighted by molar-refractivity contribution is 5.92. The first-order chi connectivity index (χ1) is 12.2. The molecule has 1 atom stereocenters. The largest absolute Gasteiger partial charge is 0.438 e. The zero-order valence-electron chi connectivity index (χ0n) is 15.2. The van der Waals surface area contributed by atoms with Crippen molar-refractivity contribution >= 4 is 5.91 Å². The second kappa shape index (κ2) is 7.08. The highest BCUT2D eigenvalue weighted by Crippen LogP contribution is 2.37. The molecule has 6 nitrogen and oxygen atoms in total. The third kappa shape index (κ3) is 3.47. The number of amides is 1. The van der Waals surface area contributed by atoms with E-state index in [0.29, 0.717) is 17.5 Å². The van der Waals surface area contributed by atoms with Gasteiger partial charge in [0, 0.05) is 25.7 Å². The van der Waals surface area contributed by atoms with Gasteiger partial charge in [-0.3, -0.25) is 4.79 Å². The highest BCUT2D eigenvalue weighted by atomic mass is 16.5. The van der Waals surface area contributed by atoms with Crippen LogP contribution in [0.1, 0.15) is 61.2 Å². The highest BCUT2D eigenvalue weighted by Gasteiger charge is 2.43. The minimum atomic E-state index is -0.0341. The second-order valence-electron chi connectivity index (χ2n) is 7.83. The van der Waals surface area contributed by atoms with Gasteiger partial charge in [-0.15, -0.1) is 0 Å². The number of oxazole rings is 1. The fraction of sp³-hybridized carbons (Fsp3) is 0.789. The van der Waals surface area contributed by atoms with Crippen molar-refractivity contribution in [1.82, 2.24) is 14.8 Å². The molecule has 0 saturated carbocycles. The van der Waals surface area contributed by atoms with Gasteiger partial charge in [0.25, 0.3) is 5.91 Å². The molecule has 1 unspecified atom stereocenters. The molecule has 1 spiro atoms. The van der Waals surface area contributed by atoms with Gasteiger partial charge in [0.2, 0.25) is 5.76 Å². The number of likely N-dealkylation sites (tertiary alicyclic amines) is 2. The fourth-order valence-electron chi connectivity index (χ4n) is 4.71. The van der Waals surface area contributed by atoms with E-state index in [4.69, 9.17) is 9.15 Å². The Kier molecular flexibility index (Phi) is 4.82. The monoisotopic (exact) mass is 347 g/mol. The van der Waals surface area contributed by atoms with Gasteiger partial charge in [-0.2, -0.15) is 0 Å². The molecule has 138 valence electrons. The van der Waals surface area contributed by atoms with Gasteiger partial charge in [0.15, 0.2) is 6.39 Å². The summed E-state index contributed by atoms with van der Waals surface area (Å²) in [7, 11) is 0. The Bertz CT molecular complexity index is 601. The number of hydrogen-bond acceptors (Lipinski definition) is 5. The lowest BCUT2D eigenvalue weighted by atomic mass is 9.81. The first kappa shape index (κ1) is 17.0. The van der Waals surface area contributed by atoms with E-state index in [1.165, 1.54) is 38.7 Å². The van der Waals surface area contributed by atoms with E-state index in [1.54, 1.807) is 0 Å². The van der Waals surface area contributed by atoms with Crippen molar-refractivity contribution in [2.75, 3.05) is 32.8 Å².